The number of hydrogen-bond acceptors (Lipinski definition) is 3. The smallest absolute Gasteiger partial charge is 0.261 e. The van der Waals surface area contributed by atoms with Gasteiger partial charge in [0.25, 0.3) is 17.7 Å². The summed E-state index contributed by atoms with van der Waals surface area (Å²) in [6.45, 7) is 0.109. The fourth-order valence-electron chi connectivity index (χ4n) is 2.62. The number of fused-ring (bicyclic) bond motifs is 1. The molecule has 0 aromatic heterocycles. The zero-order valence-corrected chi connectivity index (χ0v) is 15.1. The minimum absolute atomic E-state index is 0.109. The summed E-state index contributed by atoms with van der Waals surface area (Å²) in [5.74, 6) is -0.935. The third-order valence-corrected chi connectivity index (χ3v) is 4.68. The first-order valence-electron chi connectivity index (χ1n) is 7.45. The third kappa shape index (κ3) is 3.13. The van der Waals surface area contributed by atoms with Gasteiger partial charge in [-0.05, 0) is 29.8 Å². The van der Waals surface area contributed by atoms with Crippen LogP contribution in [0.5, 0.6) is 0 Å². The standard InChI is InChI=1S/C18H14Cl2N2O3/c1-21(2)16(23)11-5-3-10(4-6-11)9-22-17(24)12-7-14(19)15(20)8-13(12)18(22)25/h3-8H,9H2,1-2H3. The van der Waals surface area contributed by atoms with E-state index in [9.17, 15) is 14.4 Å². The molecule has 7 heteroatoms. The van der Waals surface area contributed by atoms with E-state index >= 15 is 0 Å². The molecule has 3 amide bonds. The molecule has 3 rings (SSSR count). The highest BCUT2D eigenvalue weighted by atomic mass is 35.5. The quantitative estimate of drug-likeness (QED) is 0.770. The van der Waals surface area contributed by atoms with Gasteiger partial charge in [0.05, 0.1) is 27.7 Å². The molecular weight excluding hydrogens is 363 g/mol. The summed E-state index contributed by atoms with van der Waals surface area (Å²) in [4.78, 5) is 39.5. The second-order valence-corrected chi connectivity index (χ2v) is 6.72. The molecule has 25 heavy (non-hydrogen) atoms. The molecule has 0 atom stereocenters. The monoisotopic (exact) mass is 376 g/mol. The normalized spacial score (nSPS) is 13.2. The van der Waals surface area contributed by atoms with Crippen molar-refractivity contribution in [3.63, 3.8) is 0 Å². The van der Waals surface area contributed by atoms with Crippen molar-refractivity contribution in [1.29, 1.82) is 0 Å². The minimum atomic E-state index is -0.410. The average molecular weight is 377 g/mol. The highest BCUT2D eigenvalue weighted by Crippen LogP contribution is 2.32. The number of rotatable bonds is 3. The molecule has 2 aromatic rings. The Morgan fingerprint density at radius 3 is 1.88 bits per heavy atom. The minimum Gasteiger partial charge on any atom is -0.345 e. The van der Waals surface area contributed by atoms with Gasteiger partial charge in [-0.2, -0.15) is 0 Å². The van der Waals surface area contributed by atoms with Crippen molar-refractivity contribution in [2.75, 3.05) is 14.1 Å². The van der Waals surface area contributed by atoms with E-state index in [0.29, 0.717) is 5.56 Å². The molecule has 1 aliphatic heterocycles. The van der Waals surface area contributed by atoms with Gasteiger partial charge in [-0.3, -0.25) is 19.3 Å². The molecule has 0 fully saturated rings. The molecule has 1 heterocycles. The molecule has 0 saturated heterocycles. The maximum absolute atomic E-state index is 12.5. The predicted octanol–water partition coefficient (Wildman–Crippen LogP) is 3.49. The Morgan fingerprint density at radius 1 is 0.960 bits per heavy atom. The van der Waals surface area contributed by atoms with Crippen LogP contribution in [0.3, 0.4) is 0 Å². The second-order valence-electron chi connectivity index (χ2n) is 5.90. The molecule has 0 radical (unpaired) electrons. The summed E-state index contributed by atoms with van der Waals surface area (Å²) in [6, 6.07) is 9.62. The highest BCUT2D eigenvalue weighted by Gasteiger charge is 2.36. The fourth-order valence-corrected chi connectivity index (χ4v) is 2.95. The fraction of sp³-hybridized carbons (Fsp3) is 0.167. The lowest BCUT2D eigenvalue weighted by atomic mass is 10.1. The SMILES string of the molecule is CN(C)C(=O)c1ccc(CN2C(=O)c3cc(Cl)c(Cl)cc3C2=O)cc1. The van der Waals surface area contributed by atoms with Crippen molar-refractivity contribution >= 4 is 40.9 Å². The molecule has 2 aromatic carbocycles. The van der Waals surface area contributed by atoms with Crippen LogP contribution in [0.2, 0.25) is 10.0 Å². The topological polar surface area (TPSA) is 57.7 Å². The molecule has 5 nitrogen and oxygen atoms in total. The van der Waals surface area contributed by atoms with Gasteiger partial charge in [0.15, 0.2) is 0 Å². The van der Waals surface area contributed by atoms with Crippen LogP contribution in [-0.4, -0.2) is 41.6 Å². The predicted molar refractivity (Wildman–Crippen MR) is 95.1 cm³/mol. The Kier molecular flexibility index (Phi) is 4.54. The van der Waals surface area contributed by atoms with Gasteiger partial charge in [-0.1, -0.05) is 35.3 Å². The van der Waals surface area contributed by atoms with Gasteiger partial charge >= 0.3 is 0 Å². The number of benzene rings is 2. The Labute approximate surface area is 154 Å². The van der Waals surface area contributed by atoms with E-state index < -0.39 is 11.8 Å². The molecule has 128 valence electrons. The van der Waals surface area contributed by atoms with E-state index in [0.717, 1.165) is 10.5 Å². The van der Waals surface area contributed by atoms with E-state index in [1.54, 1.807) is 38.4 Å². The zero-order chi connectivity index (χ0) is 18.3. The number of hydrogen-bond donors (Lipinski definition) is 0. The van der Waals surface area contributed by atoms with Crippen LogP contribution >= 0.6 is 23.2 Å². The Balaban J connectivity index is 1.83. The van der Waals surface area contributed by atoms with Crippen LogP contribution in [0.15, 0.2) is 36.4 Å². The van der Waals surface area contributed by atoms with E-state index in [-0.39, 0.29) is 33.6 Å². The van der Waals surface area contributed by atoms with Crippen LogP contribution in [-0.2, 0) is 6.54 Å². The first-order chi connectivity index (χ1) is 11.8. The molecule has 0 saturated carbocycles. The molecule has 0 N–H and O–H groups in total. The van der Waals surface area contributed by atoms with E-state index in [1.807, 2.05) is 0 Å². The maximum atomic E-state index is 12.5. The zero-order valence-electron chi connectivity index (χ0n) is 13.5. The lowest BCUT2D eigenvalue weighted by Crippen LogP contribution is -2.29. The molecular formula is C18H14Cl2N2O3. The van der Waals surface area contributed by atoms with Gasteiger partial charge in [0.1, 0.15) is 0 Å². The summed E-state index contributed by atoms with van der Waals surface area (Å²) in [5.41, 5.74) is 1.77. The Bertz CT molecular complexity index is 851. The molecule has 1 aliphatic rings. The van der Waals surface area contributed by atoms with Crippen LogP contribution in [0, 0.1) is 0 Å². The van der Waals surface area contributed by atoms with E-state index in [4.69, 9.17) is 23.2 Å². The van der Waals surface area contributed by atoms with Crippen molar-refractivity contribution in [3.8, 4) is 0 Å². The lowest BCUT2D eigenvalue weighted by Gasteiger charge is -2.15. The van der Waals surface area contributed by atoms with Crippen LogP contribution in [0.25, 0.3) is 0 Å². The average Bonchev–Trinajstić information content (AvgIpc) is 2.80. The first-order valence-corrected chi connectivity index (χ1v) is 8.21. The number of carbonyl (C=O) groups excluding carboxylic acids is 3. The van der Waals surface area contributed by atoms with Gasteiger partial charge in [-0.25, -0.2) is 0 Å². The van der Waals surface area contributed by atoms with Crippen molar-refractivity contribution in [3.05, 3.63) is 68.7 Å². The highest BCUT2D eigenvalue weighted by molar-refractivity contribution is 6.43. The molecule has 0 unspecified atom stereocenters. The van der Waals surface area contributed by atoms with Crippen molar-refractivity contribution in [2.24, 2.45) is 0 Å². The first kappa shape index (κ1) is 17.5. The number of amides is 3. The van der Waals surface area contributed by atoms with Crippen molar-refractivity contribution in [1.82, 2.24) is 9.80 Å². The number of imide groups is 1. The largest absolute Gasteiger partial charge is 0.345 e. The van der Waals surface area contributed by atoms with Crippen molar-refractivity contribution < 1.29 is 14.4 Å². The van der Waals surface area contributed by atoms with E-state index in [1.165, 1.54) is 17.0 Å². The van der Waals surface area contributed by atoms with Gasteiger partial charge < -0.3 is 4.90 Å². The van der Waals surface area contributed by atoms with Crippen LogP contribution in [0.1, 0.15) is 36.6 Å². The lowest BCUT2D eigenvalue weighted by molar-refractivity contribution is 0.0641. The Morgan fingerprint density at radius 2 is 1.44 bits per heavy atom. The number of halogens is 2. The van der Waals surface area contributed by atoms with Gasteiger partial charge in [-0.15, -0.1) is 0 Å². The van der Waals surface area contributed by atoms with Gasteiger partial charge in [0, 0.05) is 19.7 Å². The van der Waals surface area contributed by atoms with Crippen LogP contribution < -0.4 is 0 Å². The number of carbonyl (C=O) groups is 3. The van der Waals surface area contributed by atoms with Gasteiger partial charge in [0.2, 0.25) is 0 Å². The summed E-state index contributed by atoms with van der Waals surface area (Å²) in [6.07, 6.45) is 0. The van der Waals surface area contributed by atoms with Crippen molar-refractivity contribution in [2.45, 2.75) is 6.54 Å². The molecule has 0 spiro atoms. The second kappa shape index (κ2) is 6.50. The summed E-state index contributed by atoms with van der Waals surface area (Å²) >= 11 is 11.9. The number of nitrogens with zero attached hydrogens (tertiary/aromatic N) is 2. The molecule has 0 bridgehead atoms. The summed E-state index contributed by atoms with van der Waals surface area (Å²) in [5, 5.41) is 0.463. The third-order valence-electron chi connectivity index (χ3n) is 3.96. The molecule has 0 aliphatic carbocycles. The summed E-state index contributed by atoms with van der Waals surface area (Å²) < 4.78 is 0. The maximum Gasteiger partial charge on any atom is 0.261 e. The Hall–Kier alpha value is -2.37. The van der Waals surface area contributed by atoms with E-state index in [2.05, 4.69) is 0 Å². The summed E-state index contributed by atoms with van der Waals surface area (Å²) in [7, 11) is 3.34. The van der Waals surface area contributed by atoms with Crippen LogP contribution in [0.4, 0.5) is 0 Å².